The van der Waals surface area contributed by atoms with Crippen molar-refractivity contribution in [1.29, 1.82) is 0 Å². The van der Waals surface area contributed by atoms with Crippen molar-refractivity contribution in [2.24, 2.45) is 5.41 Å². The molecular formula is C55H74F2N14O9S. The highest BCUT2D eigenvalue weighted by molar-refractivity contribution is 7.92. The fourth-order valence-corrected chi connectivity index (χ4v) is 10.4. The van der Waals surface area contributed by atoms with Gasteiger partial charge in [0.1, 0.15) is 75.4 Å². The van der Waals surface area contributed by atoms with Crippen LogP contribution in [-0.2, 0) is 29.0 Å². The van der Waals surface area contributed by atoms with Crippen LogP contribution in [0.2, 0.25) is 0 Å². The van der Waals surface area contributed by atoms with Gasteiger partial charge in [-0.1, -0.05) is 26.8 Å². The summed E-state index contributed by atoms with van der Waals surface area (Å²) in [6, 6.07) is 1.66. The first-order valence-corrected chi connectivity index (χ1v) is 28.2. The maximum atomic E-state index is 14.8. The minimum atomic E-state index is -3.88. The van der Waals surface area contributed by atoms with E-state index >= 15 is 0 Å². The number of halogens is 2. The molecule has 5 amide bonds. The van der Waals surface area contributed by atoms with Crippen molar-refractivity contribution in [3.05, 3.63) is 77.6 Å². The number of anilines is 4. The van der Waals surface area contributed by atoms with E-state index < -0.39 is 96.8 Å². The third-order valence-electron chi connectivity index (χ3n) is 14.2. The number of hydrogen-bond donors (Lipinski definition) is 5. The second-order valence-corrected chi connectivity index (χ2v) is 26.1. The molecule has 438 valence electrons. The number of aromatic nitrogens is 6. The first-order valence-electron chi connectivity index (χ1n) is 26.7. The normalized spacial score (nSPS) is 17.1. The number of likely N-dealkylation sites (N-methyl/N-ethyl adjacent to an activating group) is 1. The van der Waals surface area contributed by atoms with Gasteiger partial charge in [0, 0.05) is 75.1 Å². The minimum Gasteiger partial charge on any atom is -0.492 e. The Morgan fingerprint density at radius 3 is 2.17 bits per heavy atom. The van der Waals surface area contributed by atoms with Crippen molar-refractivity contribution in [3.63, 3.8) is 0 Å². The van der Waals surface area contributed by atoms with Crippen molar-refractivity contribution in [2.45, 2.75) is 135 Å². The fraction of sp³-hybridized carbons (Fsp3) is 0.527. The van der Waals surface area contributed by atoms with E-state index in [0.717, 1.165) is 39.3 Å². The molecular weight excluding hydrogens is 1070 g/mol. The lowest BCUT2D eigenvalue weighted by Crippen LogP contribution is -2.60. The molecule has 3 aromatic heterocycles. The summed E-state index contributed by atoms with van der Waals surface area (Å²) in [5, 5.41) is 18.8. The van der Waals surface area contributed by atoms with Crippen LogP contribution in [0.4, 0.5) is 36.7 Å². The van der Waals surface area contributed by atoms with Crippen LogP contribution in [0.15, 0.2) is 53.9 Å². The van der Waals surface area contributed by atoms with Crippen LogP contribution in [0.3, 0.4) is 0 Å². The van der Waals surface area contributed by atoms with E-state index in [9.17, 15) is 41.2 Å². The molecule has 0 bridgehead atoms. The summed E-state index contributed by atoms with van der Waals surface area (Å²) in [6.07, 6.45) is 3.86. The van der Waals surface area contributed by atoms with Gasteiger partial charge in [-0.25, -0.2) is 41.9 Å². The molecule has 0 aliphatic carbocycles. The van der Waals surface area contributed by atoms with Crippen LogP contribution in [0, 0.1) is 30.9 Å². The van der Waals surface area contributed by atoms with Crippen molar-refractivity contribution in [1.82, 2.24) is 55.5 Å². The molecule has 2 aromatic carbocycles. The third kappa shape index (κ3) is 14.3. The first kappa shape index (κ1) is 61.0. The number of piperazine rings is 1. The summed E-state index contributed by atoms with van der Waals surface area (Å²) < 4.78 is 68.1. The molecule has 7 rings (SSSR count). The van der Waals surface area contributed by atoms with Crippen molar-refractivity contribution in [3.8, 4) is 5.75 Å². The lowest BCUT2D eigenvalue weighted by Gasteiger charge is -2.36. The molecule has 2 fully saturated rings. The first-order chi connectivity index (χ1) is 37.8. The minimum absolute atomic E-state index is 0.0350. The Bertz CT molecular complexity index is 3240. The van der Waals surface area contributed by atoms with Gasteiger partial charge in [-0.3, -0.25) is 34.1 Å². The van der Waals surface area contributed by atoms with Gasteiger partial charge in [0.05, 0.1) is 29.3 Å². The number of hydrogen-bond acceptors (Lipinski definition) is 17. The number of carbonyl (C=O) groups is 5. The number of nitrogens with zero attached hydrogens (tertiary/aromatic N) is 9. The lowest BCUT2D eigenvalue weighted by molar-refractivity contribution is -0.143. The molecule has 2 aliphatic rings. The summed E-state index contributed by atoms with van der Waals surface area (Å²) in [5.41, 5.74) is -0.305. The van der Waals surface area contributed by atoms with E-state index in [4.69, 9.17) is 9.47 Å². The molecule has 5 heterocycles. The number of carbonyl (C=O) groups excluding carboxylic acids is 5. The van der Waals surface area contributed by atoms with E-state index in [1.165, 1.54) is 32.7 Å². The number of H-pyrrole nitrogens is 1. The Hall–Kier alpha value is -7.61. The second-order valence-electron chi connectivity index (χ2n) is 23.5. The van der Waals surface area contributed by atoms with Gasteiger partial charge >= 0.3 is 6.09 Å². The zero-order valence-corrected chi connectivity index (χ0v) is 49.0. The number of aryl methyl sites for hydroxylation is 1. The molecule has 26 heteroatoms. The Morgan fingerprint density at radius 2 is 1.58 bits per heavy atom. The lowest BCUT2D eigenvalue weighted by atomic mass is 9.85. The van der Waals surface area contributed by atoms with Crippen molar-refractivity contribution >= 4 is 73.6 Å². The molecule has 5 aromatic rings. The van der Waals surface area contributed by atoms with Crippen LogP contribution in [0.1, 0.15) is 104 Å². The van der Waals surface area contributed by atoms with Crippen LogP contribution in [-0.4, -0.2) is 170 Å². The number of rotatable bonds is 17. The molecule has 0 radical (unpaired) electrons. The standard InChI is InChI=1S/C55H74F2N14O9S/c1-31-32(2)66-67-46(31)65-47-35-25-42(81(77,78)55(10,11)12)41(26-38(35)60-30-61-47)79-23-15-18-69-19-21-70(22-20-69)43-28-58-39(27-59-43)49(73)62-34-24-40(50(74)63-44-36(56)16-14-17-37(44)57)71(29-34)51(75)45(53(4,5)6)64-48(72)33(3)68(13)52(76)80-54(7,8)9/h14,16-17,25-28,30,33-34,40,45H,15,18-24,29H2,1-13H3,(H,62,73)(H,63,74)(H,64,72)(H2,60,61,65,66,67)/t33-,34-,40-,45+/m0/s1. The average molecular weight is 1150 g/mol. The van der Waals surface area contributed by atoms with Gasteiger partial charge in [0.25, 0.3) is 5.91 Å². The number of ether oxygens (including phenoxy) is 2. The zero-order chi connectivity index (χ0) is 59.5. The van der Waals surface area contributed by atoms with E-state index in [2.05, 4.69) is 56.3 Å². The summed E-state index contributed by atoms with van der Waals surface area (Å²) in [7, 11) is -2.50. The quantitative estimate of drug-likeness (QED) is 0.0661. The third-order valence-corrected chi connectivity index (χ3v) is 16.7. The maximum Gasteiger partial charge on any atom is 0.410 e. The smallest absolute Gasteiger partial charge is 0.410 e. The molecule has 81 heavy (non-hydrogen) atoms. The molecule has 0 unspecified atom stereocenters. The number of likely N-dealkylation sites (tertiary alicyclic amines) is 1. The van der Waals surface area contributed by atoms with Crippen LogP contribution in [0.25, 0.3) is 10.9 Å². The summed E-state index contributed by atoms with van der Waals surface area (Å²) in [6.45, 7) is 23.5. The van der Waals surface area contributed by atoms with Crippen LogP contribution in [0.5, 0.6) is 5.75 Å². The highest BCUT2D eigenvalue weighted by Gasteiger charge is 2.46. The number of para-hydroxylation sites is 1. The largest absolute Gasteiger partial charge is 0.492 e. The molecule has 0 spiro atoms. The van der Waals surface area contributed by atoms with Crippen molar-refractivity contribution in [2.75, 3.05) is 68.5 Å². The summed E-state index contributed by atoms with van der Waals surface area (Å²) in [5.74, 6) is -3.38. The Balaban J connectivity index is 0.967. The van der Waals surface area contributed by atoms with Gasteiger partial charge in [0.15, 0.2) is 15.7 Å². The van der Waals surface area contributed by atoms with Gasteiger partial charge in [-0.05, 0) is 98.8 Å². The van der Waals surface area contributed by atoms with Gasteiger partial charge < -0.3 is 40.5 Å². The second kappa shape index (κ2) is 24.2. The van der Waals surface area contributed by atoms with Gasteiger partial charge in [0.2, 0.25) is 17.7 Å². The molecule has 23 nitrogen and oxygen atoms in total. The fourth-order valence-electron chi connectivity index (χ4n) is 9.07. The Morgan fingerprint density at radius 1 is 0.901 bits per heavy atom. The Labute approximate surface area is 470 Å². The number of fused-ring (bicyclic) bond motifs is 1. The molecule has 2 saturated heterocycles. The number of benzene rings is 2. The highest BCUT2D eigenvalue weighted by atomic mass is 32.2. The van der Waals surface area contributed by atoms with E-state index in [1.807, 2.05) is 18.7 Å². The van der Waals surface area contributed by atoms with E-state index in [1.54, 1.807) is 74.4 Å². The van der Waals surface area contributed by atoms with Crippen LogP contribution < -0.4 is 30.9 Å². The monoisotopic (exact) mass is 1140 g/mol. The van der Waals surface area contributed by atoms with Crippen LogP contribution >= 0.6 is 0 Å². The maximum absolute atomic E-state index is 14.8. The van der Waals surface area contributed by atoms with Gasteiger partial charge in [-0.15, -0.1) is 0 Å². The summed E-state index contributed by atoms with van der Waals surface area (Å²) in [4.78, 5) is 93.2. The molecule has 5 N–H and O–H groups in total. The Kier molecular flexibility index (Phi) is 18.3. The van der Waals surface area contributed by atoms with Crippen molar-refractivity contribution < 1.29 is 50.6 Å². The number of amides is 5. The molecule has 0 saturated carbocycles. The molecule has 4 atom stereocenters. The average Bonchev–Trinajstić information content (AvgIpc) is 3.97. The topological polar surface area (TPSA) is 279 Å². The zero-order valence-electron chi connectivity index (χ0n) is 48.2. The highest BCUT2D eigenvalue weighted by Crippen LogP contribution is 2.38. The summed E-state index contributed by atoms with van der Waals surface area (Å²) >= 11 is 0. The number of sulfone groups is 1. The SMILES string of the molecule is Cc1[nH]nc(Nc2ncnc3cc(OCCCN4CCN(c5cnc(C(=O)N[C@H]6C[C@@H](C(=O)Nc7c(F)cccc7F)N(C(=O)[C@@H](NC(=O)[C@H](C)N(C)C(=O)OC(C)(C)C)C(C)(C)C)C6)cn5)CC4)c(S(=O)(=O)C(C)(C)C)cc23)c1C. The van der Waals surface area contributed by atoms with E-state index in [-0.39, 0.29) is 35.9 Å². The predicted molar refractivity (Wildman–Crippen MR) is 300 cm³/mol. The molecule has 2 aliphatic heterocycles. The van der Waals surface area contributed by atoms with E-state index in [0.29, 0.717) is 67.5 Å². The number of aromatic amines is 1. The predicted octanol–water partition coefficient (Wildman–Crippen LogP) is 6.07. The number of nitrogens with one attached hydrogen (secondary N) is 5. The van der Waals surface area contributed by atoms with Gasteiger partial charge in [-0.2, -0.15) is 5.10 Å².